The fourth-order valence-corrected chi connectivity index (χ4v) is 3.33. The summed E-state index contributed by atoms with van der Waals surface area (Å²) in [6.45, 7) is 0.393. The molecule has 3 aromatic rings. The molecule has 1 aromatic heterocycles. The monoisotopic (exact) mass is 319 g/mol. The summed E-state index contributed by atoms with van der Waals surface area (Å²) in [5, 5.41) is 4.06. The number of nitrogens with one attached hydrogen (secondary N) is 2. The van der Waals surface area contributed by atoms with Crippen LogP contribution in [0.4, 0.5) is 5.69 Å². The van der Waals surface area contributed by atoms with E-state index in [1.165, 1.54) is 4.90 Å². The van der Waals surface area contributed by atoms with Crippen molar-refractivity contribution in [2.24, 2.45) is 0 Å². The number of fused-ring (bicyclic) bond motifs is 3. The minimum Gasteiger partial charge on any atom is -0.387 e. The van der Waals surface area contributed by atoms with Gasteiger partial charge in [-0.1, -0.05) is 30.3 Å². The summed E-state index contributed by atoms with van der Waals surface area (Å²) < 4.78 is 0. The minimum atomic E-state index is -0.269. The topological polar surface area (TPSA) is 65.2 Å². The number of hydrogen-bond acceptors (Lipinski definition) is 3. The van der Waals surface area contributed by atoms with E-state index >= 15 is 0 Å². The van der Waals surface area contributed by atoms with Gasteiger partial charge in [0.05, 0.1) is 5.56 Å². The van der Waals surface area contributed by atoms with Gasteiger partial charge in [0.15, 0.2) is 0 Å². The molecule has 2 aromatic carbocycles. The lowest BCUT2D eigenvalue weighted by Gasteiger charge is -2.26. The van der Waals surface area contributed by atoms with E-state index in [0.717, 1.165) is 22.2 Å². The van der Waals surface area contributed by atoms with Gasteiger partial charge in [0.1, 0.15) is 5.69 Å². The number of H-pyrrole nitrogens is 1. The van der Waals surface area contributed by atoms with Gasteiger partial charge in [0.2, 0.25) is 0 Å². The van der Waals surface area contributed by atoms with Crippen molar-refractivity contribution >= 4 is 28.4 Å². The second-order valence-corrected chi connectivity index (χ2v) is 5.83. The molecule has 0 spiro atoms. The maximum atomic E-state index is 12.9. The van der Waals surface area contributed by atoms with Crippen LogP contribution < -0.4 is 5.32 Å². The van der Waals surface area contributed by atoms with Crippen LogP contribution in [0.3, 0.4) is 0 Å². The number of nitrogens with zero attached hydrogens (tertiary/aromatic N) is 1. The summed E-state index contributed by atoms with van der Waals surface area (Å²) in [5.41, 5.74) is 3.69. The molecule has 2 N–H and O–H groups in total. The number of rotatable bonds is 2. The van der Waals surface area contributed by atoms with E-state index in [1.807, 2.05) is 36.4 Å². The predicted octanol–water partition coefficient (Wildman–Crippen LogP) is 3.05. The third-order valence-corrected chi connectivity index (χ3v) is 4.53. The summed E-state index contributed by atoms with van der Waals surface area (Å²) in [4.78, 5) is 30.2. The number of hydrogen-bond donors (Lipinski definition) is 2. The quantitative estimate of drug-likeness (QED) is 0.714. The Morgan fingerprint density at radius 2 is 1.88 bits per heavy atom. The molecule has 1 aliphatic rings. The second kappa shape index (κ2) is 5.53. The molecule has 2 amide bonds. The molecule has 5 nitrogen and oxygen atoms in total. The standard InChI is InChI=1S/C19H17N3O2/c1-20-15-8-4-3-7-14(15)18(23)22-11-10-13-12-6-2-5-9-16(12)21-17(13)19(22)24/h2-9,20-21H,10-11H2,1H3. The number of imide groups is 1. The van der Waals surface area contributed by atoms with Crippen LogP contribution in [-0.2, 0) is 6.42 Å². The Kier molecular flexibility index (Phi) is 3.34. The molecule has 0 aliphatic carbocycles. The van der Waals surface area contributed by atoms with Crippen molar-refractivity contribution in [3.05, 3.63) is 65.4 Å². The summed E-state index contributed by atoms with van der Waals surface area (Å²) in [5.74, 6) is -0.530. The lowest BCUT2D eigenvalue weighted by Crippen LogP contribution is -2.42. The summed E-state index contributed by atoms with van der Waals surface area (Å²) in [6.07, 6.45) is 0.665. The SMILES string of the molecule is CNc1ccccc1C(=O)N1CCc2c([nH]c3ccccc23)C1=O. The zero-order valence-corrected chi connectivity index (χ0v) is 13.3. The molecule has 0 radical (unpaired) electrons. The first kappa shape index (κ1) is 14.5. The molecular formula is C19H17N3O2. The molecule has 0 atom stereocenters. The van der Waals surface area contributed by atoms with E-state index in [-0.39, 0.29) is 11.8 Å². The van der Waals surface area contributed by atoms with Gasteiger partial charge < -0.3 is 10.3 Å². The van der Waals surface area contributed by atoms with Gasteiger partial charge in [-0.2, -0.15) is 0 Å². The lowest BCUT2D eigenvalue weighted by molar-refractivity contribution is 0.0602. The molecule has 0 saturated heterocycles. The van der Waals surface area contributed by atoms with Crippen LogP contribution in [0, 0.1) is 0 Å². The van der Waals surface area contributed by atoms with Crippen LogP contribution in [0.25, 0.3) is 10.9 Å². The summed E-state index contributed by atoms with van der Waals surface area (Å²) in [7, 11) is 1.76. The molecule has 0 bridgehead atoms. The zero-order chi connectivity index (χ0) is 16.7. The molecule has 5 heteroatoms. The summed E-state index contributed by atoms with van der Waals surface area (Å²) in [6, 6.07) is 15.1. The van der Waals surface area contributed by atoms with Crippen LogP contribution in [0.15, 0.2) is 48.5 Å². The average molecular weight is 319 g/mol. The third-order valence-electron chi connectivity index (χ3n) is 4.53. The molecule has 0 fully saturated rings. The number of benzene rings is 2. The Bertz CT molecular complexity index is 958. The first-order valence-electron chi connectivity index (χ1n) is 7.93. The van der Waals surface area contributed by atoms with Crippen LogP contribution in [0.1, 0.15) is 26.4 Å². The molecular weight excluding hydrogens is 302 g/mol. The normalized spacial score (nSPS) is 13.9. The maximum Gasteiger partial charge on any atom is 0.277 e. The summed E-state index contributed by atoms with van der Waals surface area (Å²) >= 11 is 0. The Hall–Kier alpha value is -3.08. The molecule has 0 saturated carbocycles. The zero-order valence-electron chi connectivity index (χ0n) is 13.3. The lowest BCUT2D eigenvalue weighted by atomic mass is 10.0. The van der Waals surface area contributed by atoms with Gasteiger partial charge in [-0.15, -0.1) is 0 Å². The molecule has 1 aliphatic heterocycles. The van der Waals surface area contributed by atoms with Crippen molar-refractivity contribution in [2.45, 2.75) is 6.42 Å². The molecule has 4 rings (SSSR count). The Labute approximate surface area is 139 Å². The number of aromatic amines is 1. The van der Waals surface area contributed by atoms with E-state index in [9.17, 15) is 9.59 Å². The molecule has 24 heavy (non-hydrogen) atoms. The highest BCUT2D eigenvalue weighted by Crippen LogP contribution is 2.28. The van der Waals surface area contributed by atoms with Crippen molar-refractivity contribution in [1.82, 2.24) is 9.88 Å². The highest BCUT2D eigenvalue weighted by Gasteiger charge is 2.32. The van der Waals surface area contributed by atoms with E-state index < -0.39 is 0 Å². The highest BCUT2D eigenvalue weighted by atomic mass is 16.2. The third kappa shape index (κ3) is 2.09. The Morgan fingerprint density at radius 1 is 1.12 bits per heavy atom. The van der Waals surface area contributed by atoms with Crippen molar-refractivity contribution < 1.29 is 9.59 Å². The van der Waals surface area contributed by atoms with Gasteiger partial charge in [-0.25, -0.2) is 0 Å². The van der Waals surface area contributed by atoms with Gasteiger partial charge in [-0.3, -0.25) is 14.5 Å². The van der Waals surface area contributed by atoms with Gasteiger partial charge in [0, 0.05) is 30.2 Å². The Morgan fingerprint density at radius 3 is 2.71 bits per heavy atom. The fourth-order valence-electron chi connectivity index (χ4n) is 3.33. The number of aromatic nitrogens is 1. The van der Waals surface area contributed by atoms with Gasteiger partial charge in [-0.05, 0) is 30.2 Å². The fraction of sp³-hybridized carbons (Fsp3) is 0.158. The Balaban J connectivity index is 1.74. The number of para-hydroxylation sites is 2. The van der Waals surface area contributed by atoms with Crippen LogP contribution in [0.5, 0.6) is 0 Å². The number of carbonyl (C=O) groups excluding carboxylic acids is 2. The average Bonchev–Trinajstić information content (AvgIpc) is 3.01. The van der Waals surface area contributed by atoms with Gasteiger partial charge >= 0.3 is 0 Å². The van der Waals surface area contributed by atoms with Crippen LogP contribution in [0.2, 0.25) is 0 Å². The van der Waals surface area contributed by atoms with E-state index in [2.05, 4.69) is 10.3 Å². The van der Waals surface area contributed by atoms with Crippen molar-refractivity contribution in [3.63, 3.8) is 0 Å². The maximum absolute atomic E-state index is 12.9. The smallest absolute Gasteiger partial charge is 0.277 e. The van der Waals surface area contributed by atoms with Crippen molar-refractivity contribution in [2.75, 3.05) is 18.9 Å². The largest absolute Gasteiger partial charge is 0.387 e. The number of amides is 2. The number of carbonyl (C=O) groups is 2. The predicted molar refractivity (Wildman–Crippen MR) is 93.4 cm³/mol. The minimum absolute atomic E-state index is 0.261. The molecule has 120 valence electrons. The second-order valence-electron chi connectivity index (χ2n) is 5.83. The van der Waals surface area contributed by atoms with E-state index in [1.54, 1.807) is 19.2 Å². The highest BCUT2D eigenvalue weighted by molar-refractivity contribution is 6.14. The molecule has 2 heterocycles. The van der Waals surface area contributed by atoms with Crippen LogP contribution >= 0.6 is 0 Å². The first-order valence-corrected chi connectivity index (χ1v) is 7.93. The first-order chi connectivity index (χ1) is 11.7. The van der Waals surface area contributed by atoms with Gasteiger partial charge in [0.25, 0.3) is 11.8 Å². The molecule has 0 unspecified atom stereocenters. The van der Waals surface area contributed by atoms with Crippen molar-refractivity contribution in [1.29, 1.82) is 0 Å². The van der Waals surface area contributed by atoms with Crippen molar-refractivity contribution in [3.8, 4) is 0 Å². The number of anilines is 1. The van der Waals surface area contributed by atoms with E-state index in [4.69, 9.17) is 0 Å². The van der Waals surface area contributed by atoms with E-state index in [0.29, 0.717) is 24.2 Å². The van der Waals surface area contributed by atoms with Crippen LogP contribution in [-0.4, -0.2) is 35.3 Å².